The molecule has 5 nitrogen and oxygen atoms in total. The van der Waals surface area contributed by atoms with Crippen molar-refractivity contribution in [1.82, 2.24) is 4.98 Å². The number of nitrogens with one attached hydrogen (secondary N) is 1. The molecule has 0 aliphatic carbocycles. The zero-order chi connectivity index (χ0) is 23.2. The molecule has 0 fully saturated rings. The van der Waals surface area contributed by atoms with Crippen LogP contribution < -0.4 is 10.1 Å². The number of methoxy groups -OCH3 is 1. The Morgan fingerprint density at radius 3 is 2.28 bits per heavy atom. The van der Waals surface area contributed by atoms with Gasteiger partial charge in [-0.1, -0.05) is 11.6 Å². The highest BCUT2D eigenvalue weighted by atomic mass is 35.5. The highest BCUT2D eigenvalue weighted by molar-refractivity contribution is 6.31. The summed E-state index contributed by atoms with van der Waals surface area (Å²) < 4.78 is 78.7. The Hall–Kier alpha value is -3.66. The Balaban J connectivity index is 1.71. The zero-order valence-corrected chi connectivity index (χ0v) is 16.7. The minimum Gasteiger partial charge on any atom is -0.496 e. The van der Waals surface area contributed by atoms with Gasteiger partial charge in [0, 0.05) is 10.7 Å². The number of ether oxygens (including phenoxy) is 1. The van der Waals surface area contributed by atoms with Crippen molar-refractivity contribution in [2.45, 2.75) is 0 Å². The van der Waals surface area contributed by atoms with Crippen LogP contribution in [0.15, 0.2) is 40.8 Å². The van der Waals surface area contributed by atoms with Gasteiger partial charge < -0.3 is 14.5 Å². The van der Waals surface area contributed by atoms with Crippen molar-refractivity contribution >= 4 is 34.3 Å². The molecule has 1 amide bonds. The van der Waals surface area contributed by atoms with E-state index in [1.807, 2.05) is 0 Å². The third-order valence-electron chi connectivity index (χ3n) is 4.48. The third-order valence-corrected chi connectivity index (χ3v) is 4.71. The molecule has 32 heavy (non-hydrogen) atoms. The Morgan fingerprint density at radius 2 is 1.62 bits per heavy atom. The van der Waals surface area contributed by atoms with Gasteiger partial charge in [-0.2, -0.15) is 0 Å². The molecule has 1 heterocycles. The van der Waals surface area contributed by atoms with Gasteiger partial charge >= 0.3 is 0 Å². The molecule has 0 aliphatic heterocycles. The van der Waals surface area contributed by atoms with Crippen LogP contribution in [0, 0.1) is 29.1 Å². The largest absolute Gasteiger partial charge is 0.496 e. The zero-order valence-electron chi connectivity index (χ0n) is 15.9. The summed E-state index contributed by atoms with van der Waals surface area (Å²) in [6, 6.07) is 8.44. The second-order valence-corrected chi connectivity index (χ2v) is 6.88. The quantitative estimate of drug-likeness (QED) is 0.223. The SMILES string of the molecule is COc1ccc(Cl)cc1C(=O)Nc1ccc2oc(-c3c(F)c(F)c(F)c(F)c3F)nc2c1. The van der Waals surface area contributed by atoms with Gasteiger partial charge in [-0.25, -0.2) is 26.9 Å². The van der Waals surface area contributed by atoms with Crippen molar-refractivity contribution < 1.29 is 35.9 Å². The molecule has 1 N–H and O–H groups in total. The van der Waals surface area contributed by atoms with Crippen LogP contribution in [-0.2, 0) is 0 Å². The number of aromatic nitrogens is 1. The van der Waals surface area contributed by atoms with E-state index in [0.717, 1.165) is 0 Å². The number of anilines is 1. The lowest BCUT2D eigenvalue weighted by atomic mass is 10.1. The van der Waals surface area contributed by atoms with E-state index in [-0.39, 0.29) is 28.1 Å². The highest BCUT2D eigenvalue weighted by Crippen LogP contribution is 2.33. The van der Waals surface area contributed by atoms with E-state index in [0.29, 0.717) is 5.02 Å². The molecule has 1 aromatic heterocycles. The van der Waals surface area contributed by atoms with E-state index in [4.69, 9.17) is 20.8 Å². The molecule has 0 spiro atoms. The first-order valence-electron chi connectivity index (χ1n) is 8.78. The number of oxazole rings is 1. The predicted molar refractivity (Wildman–Crippen MR) is 105 cm³/mol. The summed E-state index contributed by atoms with van der Waals surface area (Å²) in [5.74, 6) is -11.8. The number of rotatable bonds is 4. The van der Waals surface area contributed by atoms with Gasteiger partial charge in [0.1, 0.15) is 16.8 Å². The van der Waals surface area contributed by atoms with Crippen molar-refractivity contribution in [1.29, 1.82) is 0 Å². The van der Waals surface area contributed by atoms with E-state index in [1.165, 1.54) is 37.4 Å². The highest BCUT2D eigenvalue weighted by Gasteiger charge is 2.29. The number of carbonyl (C=O) groups excluding carboxylic acids is 1. The van der Waals surface area contributed by atoms with Crippen molar-refractivity contribution in [2.24, 2.45) is 0 Å². The number of fused-ring (bicyclic) bond motifs is 1. The van der Waals surface area contributed by atoms with Crippen LogP contribution in [0.3, 0.4) is 0 Å². The number of nitrogens with zero attached hydrogens (tertiary/aromatic N) is 1. The van der Waals surface area contributed by atoms with Gasteiger partial charge in [0.25, 0.3) is 5.91 Å². The molecule has 0 aliphatic rings. The lowest BCUT2D eigenvalue weighted by molar-refractivity contribution is 0.102. The molecule has 0 bridgehead atoms. The predicted octanol–water partition coefficient (Wildman–Crippen LogP) is 6.10. The first-order valence-corrected chi connectivity index (χ1v) is 9.16. The number of carbonyl (C=O) groups is 1. The number of benzene rings is 3. The molecular weight excluding hydrogens is 459 g/mol. The van der Waals surface area contributed by atoms with E-state index in [9.17, 15) is 26.7 Å². The van der Waals surface area contributed by atoms with Crippen LogP contribution in [0.5, 0.6) is 5.75 Å². The maximum absolute atomic E-state index is 14.1. The molecule has 0 saturated carbocycles. The molecule has 0 unspecified atom stereocenters. The molecule has 4 rings (SSSR count). The average Bonchev–Trinajstić information content (AvgIpc) is 3.19. The molecule has 11 heteroatoms. The van der Waals surface area contributed by atoms with Crippen LogP contribution in [0.1, 0.15) is 10.4 Å². The molecule has 0 radical (unpaired) electrons. The summed E-state index contributed by atoms with van der Waals surface area (Å²) in [5.41, 5.74) is -0.960. The van der Waals surface area contributed by atoms with Crippen LogP contribution in [0.25, 0.3) is 22.6 Å². The summed E-state index contributed by atoms with van der Waals surface area (Å²) in [4.78, 5) is 16.4. The Labute approximate surface area is 181 Å². The first kappa shape index (κ1) is 21.6. The van der Waals surface area contributed by atoms with Gasteiger partial charge in [-0.05, 0) is 36.4 Å². The number of hydrogen-bond donors (Lipinski definition) is 1. The maximum atomic E-state index is 14.1. The standard InChI is InChI=1S/C21H10ClF5N2O3/c1-31-12-4-2-8(22)6-10(12)20(30)28-9-3-5-13-11(7-9)29-21(32-13)14-15(23)17(25)19(27)18(26)16(14)24/h2-7H,1H3,(H,28,30). The van der Waals surface area contributed by atoms with E-state index < -0.39 is 46.4 Å². The molecule has 4 aromatic rings. The smallest absolute Gasteiger partial charge is 0.259 e. The monoisotopic (exact) mass is 468 g/mol. The molecule has 164 valence electrons. The summed E-state index contributed by atoms with van der Waals surface area (Å²) in [7, 11) is 1.38. The van der Waals surface area contributed by atoms with Gasteiger partial charge in [-0.3, -0.25) is 4.79 Å². The number of halogens is 6. The van der Waals surface area contributed by atoms with Crippen molar-refractivity contribution in [3.8, 4) is 17.2 Å². The van der Waals surface area contributed by atoms with Crippen LogP contribution in [0.2, 0.25) is 5.02 Å². The van der Waals surface area contributed by atoms with Crippen LogP contribution >= 0.6 is 11.6 Å². The molecule has 0 atom stereocenters. The Morgan fingerprint density at radius 1 is 0.969 bits per heavy atom. The van der Waals surface area contributed by atoms with Gasteiger partial charge in [0.15, 0.2) is 28.9 Å². The molecular formula is C21H10ClF5N2O3. The van der Waals surface area contributed by atoms with Gasteiger partial charge in [0.2, 0.25) is 11.7 Å². The maximum Gasteiger partial charge on any atom is 0.259 e. The topological polar surface area (TPSA) is 64.4 Å². The number of hydrogen-bond acceptors (Lipinski definition) is 4. The normalized spacial score (nSPS) is 11.1. The summed E-state index contributed by atoms with van der Waals surface area (Å²) >= 11 is 5.92. The van der Waals surface area contributed by atoms with E-state index >= 15 is 0 Å². The Bertz CT molecular complexity index is 1360. The van der Waals surface area contributed by atoms with Crippen molar-refractivity contribution in [2.75, 3.05) is 12.4 Å². The van der Waals surface area contributed by atoms with Gasteiger partial charge in [-0.15, -0.1) is 0 Å². The van der Waals surface area contributed by atoms with Crippen LogP contribution in [-0.4, -0.2) is 18.0 Å². The summed E-state index contributed by atoms with van der Waals surface area (Å²) in [5, 5.41) is 2.87. The lowest BCUT2D eigenvalue weighted by Crippen LogP contribution is -2.13. The average molecular weight is 469 g/mol. The fourth-order valence-electron chi connectivity index (χ4n) is 2.96. The fourth-order valence-corrected chi connectivity index (χ4v) is 3.13. The second-order valence-electron chi connectivity index (χ2n) is 6.45. The summed E-state index contributed by atoms with van der Waals surface area (Å²) in [6.07, 6.45) is 0. The Kier molecular flexibility index (Phi) is 5.47. The minimum absolute atomic E-state index is 0.000185. The van der Waals surface area contributed by atoms with E-state index in [2.05, 4.69) is 10.3 Å². The summed E-state index contributed by atoms with van der Waals surface area (Å²) in [6.45, 7) is 0. The van der Waals surface area contributed by atoms with Crippen LogP contribution in [0.4, 0.5) is 27.6 Å². The van der Waals surface area contributed by atoms with E-state index in [1.54, 1.807) is 6.07 Å². The molecule has 0 saturated heterocycles. The van der Waals surface area contributed by atoms with Gasteiger partial charge in [0.05, 0.1) is 12.7 Å². The second kappa shape index (κ2) is 8.12. The first-order chi connectivity index (χ1) is 15.2. The van der Waals surface area contributed by atoms with Crippen molar-refractivity contribution in [3.05, 3.63) is 76.1 Å². The third kappa shape index (κ3) is 3.62. The number of amides is 1. The molecule has 3 aromatic carbocycles. The minimum atomic E-state index is -2.29. The van der Waals surface area contributed by atoms with Crippen molar-refractivity contribution in [3.63, 3.8) is 0 Å². The lowest BCUT2D eigenvalue weighted by Gasteiger charge is -2.09. The fraction of sp³-hybridized carbons (Fsp3) is 0.0476.